The normalized spacial score (nSPS) is 17.4. The number of hydrazone groups is 1. The van der Waals surface area contributed by atoms with Gasteiger partial charge in [0.25, 0.3) is 5.97 Å². The fourth-order valence-corrected chi connectivity index (χ4v) is 5.73. The standard InChI is InChI=1S/C21H23N7O2S3.C2H4O2.Pb/c1-15-19(20(22)28(25-15)17-5-3-2-4-6-17)21(31)32-26-24-16-7-9-18(10-8-16)33(29,30)27-13-11-23-12-14-27;1-2(3)4;/h2-10,22-23,31H,11-14H2,1H3;1H3,(H,3,4);/p-1/b21-19-,22-20?,26-24?;;. The molecule has 4 radical (unpaired) electrons. The van der Waals surface area contributed by atoms with E-state index >= 15 is 0 Å². The van der Waals surface area contributed by atoms with E-state index in [0.717, 1.165) is 24.6 Å². The molecule has 38 heavy (non-hydrogen) atoms. The number of nitrogens with one attached hydrogen (secondary N) is 2. The van der Waals surface area contributed by atoms with Gasteiger partial charge >= 0.3 is 0 Å². The Kier molecular flexibility index (Phi) is 12.4. The number of hydrogen-bond acceptors (Lipinski definition) is 10. The number of piperazine rings is 1. The van der Waals surface area contributed by atoms with Crippen molar-refractivity contribution in [3.05, 3.63) is 64.4 Å². The molecule has 15 heteroatoms. The molecule has 0 amide bonds. The van der Waals surface area contributed by atoms with E-state index in [1.807, 2.05) is 30.3 Å². The van der Waals surface area contributed by atoms with Crippen LogP contribution in [-0.4, -0.2) is 88.8 Å². The van der Waals surface area contributed by atoms with Gasteiger partial charge in [-0.3, -0.25) is 10.2 Å². The van der Waals surface area contributed by atoms with Crippen molar-refractivity contribution in [2.45, 2.75) is 18.7 Å². The summed E-state index contributed by atoms with van der Waals surface area (Å²) < 4.78 is 31.4. The van der Waals surface area contributed by atoms with Gasteiger partial charge in [0.15, 0.2) is 5.84 Å². The second-order valence-corrected chi connectivity index (χ2v) is 11.1. The number of aliphatic carboxylic acids is 1. The number of carboxylic acids is 1. The van der Waals surface area contributed by atoms with Crippen LogP contribution in [0.4, 0.5) is 11.4 Å². The van der Waals surface area contributed by atoms with Crippen molar-refractivity contribution < 1.29 is 18.3 Å². The van der Waals surface area contributed by atoms with Gasteiger partial charge in [0.05, 0.1) is 22.0 Å². The van der Waals surface area contributed by atoms with Crippen molar-refractivity contribution in [1.29, 1.82) is 5.41 Å². The van der Waals surface area contributed by atoms with Gasteiger partial charge in [0.2, 0.25) is 10.0 Å². The summed E-state index contributed by atoms with van der Waals surface area (Å²) in [6.45, 7) is 5.08. The number of sulfonamides is 1. The van der Waals surface area contributed by atoms with Gasteiger partial charge in [-0.15, -0.1) is 13.9 Å². The molecule has 2 aliphatic heterocycles. The largest absolute Gasteiger partial charge is 0.770 e. The van der Waals surface area contributed by atoms with Gasteiger partial charge in [-0.05, 0) is 43.3 Å². The van der Waals surface area contributed by atoms with Crippen LogP contribution < -0.4 is 10.3 Å². The van der Waals surface area contributed by atoms with E-state index in [0.29, 0.717) is 47.4 Å². The SMILES string of the molecule is CC(=O)O.CC1=NN(c2ccccc2)C(=N)/C1=C(/[S-])SN=Nc1ccc(S(=O)(=O)N2CCNCC2)cc1.[Pb]. The molecular formula is C23H26N7O4PbS3-. The minimum Gasteiger partial charge on any atom is -0.770 e. The third kappa shape index (κ3) is 8.37. The minimum atomic E-state index is -3.51. The van der Waals surface area contributed by atoms with E-state index in [1.165, 1.54) is 21.4 Å². The number of rotatable bonds is 6. The first-order chi connectivity index (χ1) is 17.6. The number of carboxylic acid groups (broad SMARTS) is 1. The summed E-state index contributed by atoms with van der Waals surface area (Å²) >= 11 is 6.44. The van der Waals surface area contributed by atoms with Gasteiger partial charge < -0.3 is 23.1 Å². The predicted molar refractivity (Wildman–Crippen MR) is 153 cm³/mol. The van der Waals surface area contributed by atoms with Crippen LogP contribution in [0.5, 0.6) is 0 Å². The molecule has 1 fully saturated rings. The number of hydrogen-bond donors (Lipinski definition) is 3. The molecule has 2 aromatic carbocycles. The topological polar surface area (TPSA) is 151 Å². The maximum Gasteiger partial charge on any atom is 0.300 e. The molecule has 0 aromatic heterocycles. The Morgan fingerprint density at radius 3 is 2.29 bits per heavy atom. The van der Waals surface area contributed by atoms with Gasteiger partial charge in [0, 0.05) is 77.9 Å². The van der Waals surface area contributed by atoms with E-state index in [9.17, 15) is 8.42 Å². The molecule has 0 bridgehead atoms. The summed E-state index contributed by atoms with van der Waals surface area (Å²) in [7, 11) is -3.51. The van der Waals surface area contributed by atoms with E-state index in [-0.39, 0.29) is 38.0 Å². The van der Waals surface area contributed by atoms with Crippen LogP contribution in [0, 0.1) is 5.41 Å². The van der Waals surface area contributed by atoms with Crippen LogP contribution in [-0.2, 0) is 27.4 Å². The molecule has 0 atom stereocenters. The Balaban J connectivity index is 0.000000947. The summed E-state index contributed by atoms with van der Waals surface area (Å²) in [6, 6.07) is 15.7. The third-order valence-electron chi connectivity index (χ3n) is 5.10. The van der Waals surface area contributed by atoms with Crippen LogP contribution in [0.25, 0.3) is 0 Å². The van der Waals surface area contributed by atoms with Crippen LogP contribution in [0.15, 0.2) is 84.0 Å². The molecule has 200 valence electrons. The van der Waals surface area contributed by atoms with Crippen molar-refractivity contribution in [3.8, 4) is 0 Å². The molecular weight excluding hydrogens is 742 g/mol. The van der Waals surface area contributed by atoms with Gasteiger partial charge in [0.1, 0.15) is 0 Å². The third-order valence-corrected chi connectivity index (χ3v) is 7.97. The van der Waals surface area contributed by atoms with Crippen LogP contribution >= 0.6 is 11.9 Å². The van der Waals surface area contributed by atoms with Gasteiger partial charge in [-0.1, -0.05) is 18.2 Å². The first-order valence-corrected chi connectivity index (χ1v) is 13.7. The molecule has 0 unspecified atom stereocenters. The molecule has 11 nitrogen and oxygen atoms in total. The smallest absolute Gasteiger partial charge is 0.300 e. The van der Waals surface area contributed by atoms with Crippen LogP contribution in [0.2, 0.25) is 0 Å². The molecule has 0 aliphatic carbocycles. The Hall–Kier alpha value is -2.25. The first-order valence-electron chi connectivity index (χ1n) is 11.1. The van der Waals surface area contributed by atoms with Crippen LogP contribution in [0.3, 0.4) is 0 Å². The molecule has 1 saturated heterocycles. The summed E-state index contributed by atoms with van der Waals surface area (Å²) in [4.78, 5) is 9.23. The number of benzene rings is 2. The van der Waals surface area contributed by atoms with Crippen LogP contribution in [0.1, 0.15) is 13.8 Å². The van der Waals surface area contributed by atoms with Crippen molar-refractivity contribution in [3.63, 3.8) is 0 Å². The Labute approximate surface area is 251 Å². The van der Waals surface area contributed by atoms with Gasteiger partial charge in [-0.25, -0.2) is 13.4 Å². The zero-order chi connectivity index (χ0) is 27.0. The Morgan fingerprint density at radius 2 is 1.71 bits per heavy atom. The van der Waals surface area contributed by atoms with Gasteiger partial charge in [-0.2, -0.15) is 9.41 Å². The summed E-state index contributed by atoms with van der Waals surface area (Å²) in [6.07, 6.45) is 0. The van der Waals surface area contributed by atoms with Crippen molar-refractivity contribution in [2.24, 2.45) is 14.7 Å². The average Bonchev–Trinajstić information content (AvgIpc) is 3.18. The molecule has 2 aliphatic rings. The molecule has 0 saturated carbocycles. The van der Waals surface area contributed by atoms with E-state index < -0.39 is 16.0 Å². The number of para-hydroxylation sites is 1. The first kappa shape index (κ1) is 32.0. The van der Waals surface area contributed by atoms with E-state index in [1.54, 1.807) is 19.1 Å². The quantitative estimate of drug-likeness (QED) is 0.175. The summed E-state index contributed by atoms with van der Waals surface area (Å²) in [5.41, 5.74) is 2.46. The summed E-state index contributed by atoms with van der Waals surface area (Å²) in [5.74, 6) is -0.645. The maximum atomic E-state index is 12.7. The average molecular weight is 768 g/mol. The minimum absolute atomic E-state index is 0. The Bertz CT molecular complexity index is 1320. The second-order valence-electron chi connectivity index (χ2n) is 7.78. The fraction of sp³-hybridized carbons (Fsp3) is 0.261. The summed E-state index contributed by atoms with van der Waals surface area (Å²) in [5, 5.41) is 29.1. The second kappa shape index (κ2) is 14.8. The van der Waals surface area contributed by atoms with E-state index in [2.05, 4.69) is 20.1 Å². The maximum absolute atomic E-state index is 12.7. The molecule has 4 rings (SSSR count). The predicted octanol–water partition coefficient (Wildman–Crippen LogP) is 3.35. The molecule has 3 N–H and O–H groups in total. The number of anilines is 1. The number of carbonyl (C=O) groups is 1. The zero-order valence-electron chi connectivity index (χ0n) is 20.7. The monoisotopic (exact) mass is 768 g/mol. The van der Waals surface area contributed by atoms with E-state index in [4.69, 9.17) is 27.9 Å². The van der Waals surface area contributed by atoms with Crippen molar-refractivity contribution in [1.82, 2.24) is 9.62 Å². The molecule has 2 heterocycles. The number of nitrogens with zero attached hydrogens (tertiary/aromatic N) is 5. The fourth-order valence-electron chi connectivity index (χ4n) is 3.40. The van der Waals surface area contributed by atoms with Crippen molar-refractivity contribution in [2.75, 3.05) is 31.2 Å². The van der Waals surface area contributed by atoms with Crippen molar-refractivity contribution >= 4 is 90.8 Å². The molecule has 2 aromatic rings. The number of amidine groups is 1. The Morgan fingerprint density at radius 1 is 1.13 bits per heavy atom. The molecule has 0 spiro atoms. The zero-order valence-corrected chi connectivity index (χ0v) is 27.0.